The number of hydrogen-bond acceptors (Lipinski definition) is 5. The lowest BCUT2D eigenvalue weighted by molar-refractivity contribution is -0.121. The van der Waals surface area contributed by atoms with Crippen LogP contribution in [0.4, 0.5) is 0 Å². The maximum atomic E-state index is 12.4. The van der Waals surface area contributed by atoms with Gasteiger partial charge in [0.1, 0.15) is 6.61 Å². The molecule has 0 saturated carbocycles. The first-order chi connectivity index (χ1) is 13.9. The number of halogens is 1. The van der Waals surface area contributed by atoms with Gasteiger partial charge >= 0.3 is 0 Å². The van der Waals surface area contributed by atoms with E-state index in [0.29, 0.717) is 34.8 Å². The number of ether oxygens (including phenoxy) is 2. The SMILES string of the molecule is CCOc1cc(/C=C2/SC(=NC)N(C)C2=O)cc(Br)c1OCc1ccc(C)cc1. The molecule has 1 fully saturated rings. The Balaban J connectivity index is 1.87. The van der Waals surface area contributed by atoms with Gasteiger partial charge in [-0.1, -0.05) is 29.8 Å². The van der Waals surface area contributed by atoms with Crippen molar-refractivity contribution in [3.8, 4) is 11.5 Å². The number of rotatable bonds is 6. The maximum Gasteiger partial charge on any atom is 0.266 e. The van der Waals surface area contributed by atoms with E-state index in [1.807, 2.05) is 25.1 Å². The van der Waals surface area contributed by atoms with E-state index in [1.165, 1.54) is 17.3 Å². The highest BCUT2D eigenvalue weighted by Crippen LogP contribution is 2.39. The number of amidine groups is 1. The predicted octanol–water partition coefficient (Wildman–Crippen LogP) is 5.27. The van der Waals surface area contributed by atoms with Gasteiger partial charge in [0.05, 0.1) is 16.0 Å². The number of likely N-dealkylation sites (N-methyl/N-ethyl adjacent to an activating group) is 1. The highest BCUT2D eigenvalue weighted by molar-refractivity contribution is 9.10. The Labute approximate surface area is 183 Å². The van der Waals surface area contributed by atoms with Crippen LogP contribution in [0.5, 0.6) is 11.5 Å². The molecule has 0 radical (unpaired) electrons. The fraction of sp³-hybridized carbons (Fsp3) is 0.273. The molecule has 1 heterocycles. The molecule has 3 rings (SSSR count). The molecule has 29 heavy (non-hydrogen) atoms. The lowest BCUT2D eigenvalue weighted by Crippen LogP contribution is -2.23. The molecule has 1 amide bonds. The average Bonchev–Trinajstić information content (AvgIpc) is 2.97. The van der Waals surface area contributed by atoms with Gasteiger partial charge < -0.3 is 9.47 Å². The molecule has 0 N–H and O–H groups in total. The van der Waals surface area contributed by atoms with E-state index in [2.05, 4.69) is 52.1 Å². The predicted molar refractivity (Wildman–Crippen MR) is 123 cm³/mol. The zero-order chi connectivity index (χ0) is 21.0. The van der Waals surface area contributed by atoms with Crippen molar-refractivity contribution in [1.29, 1.82) is 0 Å². The van der Waals surface area contributed by atoms with Crippen molar-refractivity contribution in [2.24, 2.45) is 4.99 Å². The van der Waals surface area contributed by atoms with Crippen LogP contribution < -0.4 is 9.47 Å². The van der Waals surface area contributed by atoms with Gasteiger partial charge in [0.2, 0.25) is 0 Å². The number of aryl methyl sites for hydroxylation is 1. The topological polar surface area (TPSA) is 51.1 Å². The fourth-order valence-corrected chi connectivity index (χ4v) is 4.32. The standard InChI is InChI=1S/C22H23BrN2O3S/c1-5-27-18-11-16(12-19-21(26)25(4)22(24-3)29-19)10-17(23)20(18)28-13-15-8-6-14(2)7-9-15/h6-12H,5,13H2,1-4H3/b19-12+,24-22?. The van der Waals surface area contributed by atoms with Gasteiger partial charge in [-0.2, -0.15) is 0 Å². The molecule has 0 atom stereocenters. The highest BCUT2D eigenvalue weighted by Gasteiger charge is 2.29. The number of carbonyl (C=O) groups excluding carboxylic acids is 1. The molecule has 2 aromatic carbocycles. The highest BCUT2D eigenvalue weighted by atomic mass is 79.9. The van der Waals surface area contributed by atoms with E-state index >= 15 is 0 Å². The first-order valence-electron chi connectivity index (χ1n) is 9.22. The number of aliphatic imine (C=N–C) groups is 1. The van der Waals surface area contributed by atoms with E-state index in [9.17, 15) is 4.79 Å². The summed E-state index contributed by atoms with van der Waals surface area (Å²) < 4.78 is 12.6. The first kappa shape index (κ1) is 21.5. The Hall–Kier alpha value is -2.25. The second-order valence-electron chi connectivity index (χ2n) is 6.52. The average molecular weight is 475 g/mol. The second-order valence-corrected chi connectivity index (χ2v) is 8.38. The minimum Gasteiger partial charge on any atom is -0.490 e. The second kappa shape index (κ2) is 9.50. The molecule has 1 aliphatic rings. The number of carbonyl (C=O) groups is 1. The third kappa shape index (κ3) is 5.03. The van der Waals surface area contributed by atoms with Crippen molar-refractivity contribution in [3.63, 3.8) is 0 Å². The summed E-state index contributed by atoms with van der Waals surface area (Å²) in [7, 11) is 3.40. The van der Waals surface area contributed by atoms with E-state index < -0.39 is 0 Å². The fourth-order valence-electron chi connectivity index (χ4n) is 2.81. The summed E-state index contributed by atoms with van der Waals surface area (Å²) in [5.74, 6) is 1.21. The van der Waals surface area contributed by atoms with Crippen molar-refractivity contribution in [1.82, 2.24) is 4.90 Å². The molecule has 152 valence electrons. The summed E-state index contributed by atoms with van der Waals surface area (Å²) in [5.41, 5.74) is 3.15. The minimum atomic E-state index is -0.0654. The van der Waals surface area contributed by atoms with Crippen LogP contribution in [0, 0.1) is 6.92 Å². The molecular weight excluding hydrogens is 452 g/mol. The van der Waals surface area contributed by atoms with Crippen LogP contribution in [-0.2, 0) is 11.4 Å². The Morgan fingerprint density at radius 1 is 1.21 bits per heavy atom. The Kier molecular flexibility index (Phi) is 7.03. The van der Waals surface area contributed by atoms with Crippen LogP contribution in [0.2, 0.25) is 0 Å². The smallest absolute Gasteiger partial charge is 0.266 e. The van der Waals surface area contributed by atoms with Gasteiger partial charge in [0.25, 0.3) is 5.91 Å². The van der Waals surface area contributed by atoms with Crippen molar-refractivity contribution < 1.29 is 14.3 Å². The molecule has 0 bridgehead atoms. The quantitative estimate of drug-likeness (QED) is 0.535. The monoisotopic (exact) mass is 474 g/mol. The van der Waals surface area contributed by atoms with Crippen LogP contribution in [0.1, 0.15) is 23.6 Å². The molecule has 1 saturated heterocycles. The van der Waals surface area contributed by atoms with Gasteiger partial charge in [-0.25, -0.2) is 0 Å². The number of thioether (sulfide) groups is 1. The third-order valence-electron chi connectivity index (χ3n) is 4.33. The minimum absolute atomic E-state index is 0.0654. The van der Waals surface area contributed by atoms with E-state index in [0.717, 1.165) is 15.6 Å². The Morgan fingerprint density at radius 2 is 1.93 bits per heavy atom. The van der Waals surface area contributed by atoms with Crippen molar-refractivity contribution in [2.75, 3.05) is 20.7 Å². The van der Waals surface area contributed by atoms with E-state index in [1.54, 1.807) is 19.0 Å². The summed E-state index contributed by atoms with van der Waals surface area (Å²) in [4.78, 5) is 18.7. The summed E-state index contributed by atoms with van der Waals surface area (Å²) >= 11 is 4.95. The van der Waals surface area contributed by atoms with Crippen LogP contribution in [0.3, 0.4) is 0 Å². The molecule has 0 spiro atoms. The molecular formula is C22H23BrN2O3S. The number of benzene rings is 2. The zero-order valence-electron chi connectivity index (χ0n) is 16.9. The zero-order valence-corrected chi connectivity index (χ0v) is 19.3. The molecule has 1 aliphatic heterocycles. The van der Waals surface area contributed by atoms with Crippen LogP contribution in [-0.4, -0.2) is 36.7 Å². The van der Waals surface area contributed by atoms with Crippen molar-refractivity contribution >= 4 is 44.8 Å². The normalized spacial score (nSPS) is 16.7. The Bertz CT molecular complexity index is 971. The summed E-state index contributed by atoms with van der Waals surface area (Å²) in [6, 6.07) is 12.0. The molecule has 0 unspecified atom stereocenters. The van der Waals surface area contributed by atoms with Gasteiger partial charge in [0.15, 0.2) is 16.7 Å². The van der Waals surface area contributed by atoms with Crippen LogP contribution >= 0.6 is 27.7 Å². The van der Waals surface area contributed by atoms with Gasteiger partial charge in [-0.3, -0.25) is 14.7 Å². The summed E-state index contributed by atoms with van der Waals surface area (Å²) in [6.07, 6.45) is 1.85. The van der Waals surface area contributed by atoms with Crippen molar-refractivity contribution in [3.05, 3.63) is 62.5 Å². The van der Waals surface area contributed by atoms with E-state index in [4.69, 9.17) is 9.47 Å². The first-order valence-corrected chi connectivity index (χ1v) is 10.8. The number of amides is 1. The van der Waals surface area contributed by atoms with Crippen molar-refractivity contribution in [2.45, 2.75) is 20.5 Å². The number of nitrogens with zero attached hydrogens (tertiary/aromatic N) is 2. The number of hydrogen-bond donors (Lipinski definition) is 0. The largest absolute Gasteiger partial charge is 0.490 e. The summed E-state index contributed by atoms with van der Waals surface area (Å²) in [6.45, 7) is 4.94. The summed E-state index contributed by atoms with van der Waals surface area (Å²) in [5, 5.41) is 0.684. The molecule has 0 aliphatic carbocycles. The van der Waals surface area contributed by atoms with Gasteiger partial charge in [-0.15, -0.1) is 0 Å². The van der Waals surface area contributed by atoms with Crippen LogP contribution in [0.15, 0.2) is 50.8 Å². The molecule has 2 aromatic rings. The van der Waals surface area contributed by atoms with Gasteiger partial charge in [0, 0.05) is 14.1 Å². The van der Waals surface area contributed by atoms with E-state index in [-0.39, 0.29) is 5.91 Å². The molecule has 7 heteroatoms. The third-order valence-corrected chi connectivity index (χ3v) is 6.07. The lowest BCUT2D eigenvalue weighted by atomic mass is 10.1. The Morgan fingerprint density at radius 3 is 2.55 bits per heavy atom. The van der Waals surface area contributed by atoms with Gasteiger partial charge in [-0.05, 0) is 70.9 Å². The maximum absolute atomic E-state index is 12.4. The van der Waals surface area contributed by atoms with Crippen LogP contribution in [0.25, 0.3) is 6.08 Å². The molecule has 5 nitrogen and oxygen atoms in total. The lowest BCUT2D eigenvalue weighted by Gasteiger charge is -2.15. The molecule has 0 aromatic heterocycles.